The third-order valence-corrected chi connectivity index (χ3v) is 6.73. The Balaban J connectivity index is 1.82. The second-order valence-electron chi connectivity index (χ2n) is 8.06. The van der Waals surface area contributed by atoms with Gasteiger partial charge >= 0.3 is 0 Å². The average molecular weight is 427 g/mol. The monoisotopic (exact) mass is 426 g/mol. The van der Waals surface area contributed by atoms with Gasteiger partial charge in [0.05, 0.1) is 11.7 Å². The summed E-state index contributed by atoms with van der Waals surface area (Å²) in [4.78, 5) is 22.3. The zero-order valence-electron chi connectivity index (χ0n) is 17.1. The Morgan fingerprint density at radius 2 is 1.03 bits per heavy atom. The predicted octanol–water partition coefficient (Wildman–Crippen LogP) is 6.31. The van der Waals surface area contributed by atoms with Gasteiger partial charge in [-0.15, -0.1) is 0 Å². The van der Waals surface area contributed by atoms with Crippen molar-refractivity contribution in [1.82, 2.24) is 8.75 Å². The molecule has 0 N–H and O–H groups in total. The molecule has 0 spiro atoms. The van der Waals surface area contributed by atoms with E-state index in [9.17, 15) is 9.59 Å². The van der Waals surface area contributed by atoms with Gasteiger partial charge in [0.1, 0.15) is 23.6 Å². The first kappa shape index (κ1) is 19.8. The van der Waals surface area contributed by atoms with E-state index in [0.29, 0.717) is 11.1 Å². The first-order valence-corrected chi connectivity index (χ1v) is 11.4. The molecule has 0 unspecified atom stereocenters. The van der Waals surface area contributed by atoms with Gasteiger partial charge in [-0.2, -0.15) is 8.75 Å². The van der Waals surface area contributed by atoms with Crippen molar-refractivity contribution in [2.75, 3.05) is 0 Å². The molecule has 1 aliphatic rings. The molecule has 0 saturated carbocycles. The lowest BCUT2D eigenvalue weighted by molar-refractivity contribution is 0.111. The zero-order valence-corrected chi connectivity index (χ0v) is 18.0. The number of rotatable bonds is 4. The van der Waals surface area contributed by atoms with Gasteiger partial charge in [-0.05, 0) is 47.9 Å². The molecule has 3 aromatic carbocycles. The van der Waals surface area contributed by atoms with E-state index in [-0.39, 0.29) is 0 Å². The lowest BCUT2D eigenvalue weighted by Crippen LogP contribution is -2.06. The Labute approximate surface area is 185 Å². The molecule has 4 nitrogen and oxygen atoms in total. The Morgan fingerprint density at radius 3 is 1.42 bits per heavy atom. The highest BCUT2D eigenvalue weighted by atomic mass is 32.1. The van der Waals surface area contributed by atoms with Gasteiger partial charge in [-0.1, -0.05) is 61.4 Å². The zero-order chi connectivity index (χ0) is 21.2. The molecule has 154 valence electrons. The van der Waals surface area contributed by atoms with Crippen LogP contribution in [0.15, 0.2) is 48.5 Å². The van der Waals surface area contributed by atoms with Gasteiger partial charge in [0.2, 0.25) is 0 Å². The number of benzene rings is 3. The summed E-state index contributed by atoms with van der Waals surface area (Å²) in [5.41, 5.74) is 10.4. The van der Waals surface area contributed by atoms with Crippen molar-refractivity contribution in [3.8, 4) is 22.3 Å². The van der Waals surface area contributed by atoms with E-state index in [2.05, 4.69) is 0 Å². The lowest BCUT2D eigenvalue weighted by atomic mass is 9.81. The minimum absolute atomic E-state index is 0.672. The van der Waals surface area contributed by atoms with Crippen LogP contribution in [-0.2, 0) is 12.8 Å². The molecular formula is C26H22N2O2S. The summed E-state index contributed by atoms with van der Waals surface area (Å²) in [5, 5.41) is 0. The summed E-state index contributed by atoms with van der Waals surface area (Å²) >= 11 is 1.24. The van der Waals surface area contributed by atoms with Crippen LogP contribution in [0, 0.1) is 0 Å². The van der Waals surface area contributed by atoms with E-state index < -0.39 is 0 Å². The van der Waals surface area contributed by atoms with Gasteiger partial charge in [0, 0.05) is 22.3 Å². The van der Waals surface area contributed by atoms with E-state index in [1.54, 1.807) is 0 Å². The van der Waals surface area contributed by atoms with Crippen molar-refractivity contribution in [3.63, 3.8) is 0 Å². The first-order chi connectivity index (χ1) is 15.3. The Morgan fingerprint density at radius 1 is 0.613 bits per heavy atom. The smallest absolute Gasteiger partial charge is 0.150 e. The van der Waals surface area contributed by atoms with Gasteiger partial charge < -0.3 is 0 Å². The molecule has 0 bridgehead atoms. The highest BCUT2D eigenvalue weighted by Crippen LogP contribution is 2.43. The summed E-state index contributed by atoms with van der Waals surface area (Å²) < 4.78 is 9.45. The van der Waals surface area contributed by atoms with Gasteiger partial charge in [-0.3, -0.25) is 9.59 Å². The summed E-state index contributed by atoms with van der Waals surface area (Å²) in [5.74, 6) is 0. The van der Waals surface area contributed by atoms with E-state index in [1.807, 2.05) is 48.5 Å². The average Bonchev–Trinajstić information content (AvgIpc) is 3.28. The van der Waals surface area contributed by atoms with Crippen molar-refractivity contribution in [3.05, 3.63) is 70.8 Å². The molecule has 0 atom stereocenters. The molecule has 1 aliphatic carbocycles. The van der Waals surface area contributed by atoms with Crippen LogP contribution in [-0.4, -0.2) is 21.3 Å². The molecule has 4 aromatic rings. The largest absolute Gasteiger partial charge is 0.298 e. The van der Waals surface area contributed by atoms with Crippen LogP contribution in [0.5, 0.6) is 0 Å². The van der Waals surface area contributed by atoms with Crippen LogP contribution >= 0.6 is 11.7 Å². The summed E-state index contributed by atoms with van der Waals surface area (Å²) in [7, 11) is 0. The fourth-order valence-electron chi connectivity index (χ4n) is 4.69. The topological polar surface area (TPSA) is 59.9 Å². The summed E-state index contributed by atoms with van der Waals surface area (Å²) in [6.07, 6.45) is 8.54. The first-order valence-electron chi connectivity index (χ1n) is 10.7. The number of fused-ring (bicyclic) bond motifs is 2. The highest BCUT2D eigenvalue weighted by Gasteiger charge is 2.24. The molecule has 0 radical (unpaired) electrons. The van der Waals surface area contributed by atoms with E-state index >= 15 is 0 Å². The lowest BCUT2D eigenvalue weighted by Gasteiger charge is -2.22. The van der Waals surface area contributed by atoms with Crippen LogP contribution < -0.4 is 0 Å². The standard InChI is InChI=1S/C26H22N2O2S/c29-15-17-7-11-19(12-8-17)23-21-5-3-1-2-4-6-22(21)24(26-25(23)27-31-28-26)20-13-9-18(16-30)10-14-20/h7-16H,1-6H2. The van der Waals surface area contributed by atoms with E-state index in [1.165, 1.54) is 35.7 Å². The van der Waals surface area contributed by atoms with Crippen molar-refractivity contribution in [2.45, 2.75) is 38.5 Å². The van der Waals surface area contributed by atoms with Crippen molar-refractivity contribution in [2.24, 2.45) is 0 Å². The van der Waals surface area contributed by atoms with Crippen LogP contribution in [0.4, 0.5) is 0 Å². The molecule has 0 fully saturated rings. The number of nitrogens with zero attached hydrogens (tertiary/aromatic N) is 2. The predicted molar refractivity (Wildman–Crippen MR) is 125 cm³/mol. The SMILES string of the molecule is O=Cc1ccc(-c2c3c(c(-c4ccc(C=O)cc4)c4nsnc24)CCCCCC3)cc1. The van der Waals surface area contributed by atoms with Gasteiger partial charge in [-0.25, -0.2) is 0 Å². The fourth-order valence-corrected chi connectivity index (χ4v) is 5.25. The highest BCUT2D eigenvalue weighted by molar-refractivity contribution is 7.00. The van der Waals surface area contributed by atoms with Crippen molar-refractivity contribution >= 4 is 35.3 Å². The van der Waals surface area contributed by atoms with Gasteiger partial charge in [0.25, 0.3) is 0 Å². The van der Waals surface area contributed by atoms with E-state index in [0.717, 1.165) is 71.5 Å². The minimum atomic E-state index is 0.672. The maximum absolute atomic E-state index is 11.1. The molecule has 0 aliphatic heterocycles. The fraction of sp³-hybridized carbons (Fsp3) is 0.231. The molecule has 5 heteroatoms. The summed E-state index contributed by atoms with van der Waals surface area (Å²) in [6, 6.07) is 15.6. The minimum Gasteiger partial charge on any atom is -0.298 e. The molecule has 0 amide bonds. The van der Waals surface area contributed by atoms with Gasteiger partial charge in [0.15, 0.2) is 0 Å². The van der Waals surface area contributed by atoms with Crippen molar-refractivity contribution < 1.29 is 9.59 Å². The normalized spacial score (nSPS) is 13.9. The molecular weight excluding hydrogens is 404 g/mol. The van der Waals surface area contributed by atoms with Crippen LogP contribution in [0.25, 0.3) is 33.3 Å². The third-order valence-electron chi connectivity index (χ3n) is 6.20. The van der Waals surface area contributed by atoms with Crippen LogP contribution in [0.1, 0.15) is 57.5 Å². The Hall–Kier alpha value is -3.18. The molecule has 1 heterocycles. The quantitative estimate of drug-likeness (QED) is 0.359. The summed E-state index contributed by atoms with van der Waals surface area (Å²) in [6.45, 7) is 0. The molecule has 5 rings (SSSR count). The number of aromatic nitrogens is 2. The van der Waals surface area contributed by atoms with Crippen LogP contribution in [0.3, 0.4) is 0 Å². The van der Waals surface area contributed by atoms with E-state index in [4.69, 9.17) is 8.75 Å². The second kappa shape index (κ2) is 8.52. The Bertz CT molecular complexity index is 1160. The number of hydrogen-bond acceptors (Lipinski definition) is 5. The maximum Gasteiger partial charge on any atom is 0.150 e. The number of carbonyl (C=O) groups is 2. The van der Waals surface area contributed by atoms with Crippen LogP contribution in [0.2, 0.25) is 0 Å². The molecule has 31 heavy (non-hydrogen) atoms. The molecule has 0 saturated heterocycles. The second-order valence-corrected chi connectivity index (χ2v) is 8.59. The van der Waals surface area contributed by atoms with Crippen molar-refractivity contribution in [1.29, 1.82) is 0 Å². The third kappa shape index (κ3) is 3.59. The number of aldehydes is 2. The number of hydrogen-bond donors (Lipinski definition) is 0. The number of carbonyl (C=O) groups excluding carboxylic acids is 2. The maximum atomic E-state index is 11.1. The molecule has 1 aromatic heterocycles. The Kier molecular flexibility index (Phi) is 5.43.